The fraction of sp³-hybridized carbons (Fsp3) is 0.350. The minimum atomic E-state index is -0.418. The molecule has 2 N–H and O–H groups in total. The maximum absolute atomic E-state index is 12.2. The van der Waals surface area contributed by atoms with Crippen LogP contribution in [-0.4, -0.2) is 42.1 Å². The van der Waals surface area contributed by atoms with E-state index in [1.54, 1.807) is 18.2 Å². The van der Waals surface area contributed by atoms with Crippen molar-refractivity contribution in [1.29, 1.82) is 0 Å². The molecule has 2 amide bonds. The van der Waals surface area contributed by atoms with Crippen molar-refractivity contribution < 1.29 is 14.3 Å². The molecule has 0 bridgehead atoms. The number of hydrazine groups is 1. The molecule has 1 aliphatic heterocycles. The van der Waals surface area contributed by atoms with Gasteiger partial charge in [0, 0.05) is 24.8 Å². The second kappa shape index (κ2) is 8.18. The summed E-state index contributed by atoms with van der Waals surface area (Å²) in [5.41, 5.74) is 6.74. The van der Waals surface area contributed by atoms with Crippen molar-refractivity contribution in [3.8, 4) is 0 Å². The third-order valence-corrected chi connectivity index (χ3v) is 4.36. The second-order valence-electron chi connectivity index (χ2n) is 6.84. The van der Waals surface area contributed by atoms with Crippen LogP contribution in [0.2, 0.25) is 0 Å². The number of benzene rings is 1. The van der Waals surface area contributed by atoms with E-state index in [2.05, 4.69) is 20.7 Å². The lowest BCUT2D eigenvalue weighted by molar-refractivity contribution is -0.00546. The fourth-order valence-electron chi connectivity index (χ4n) is 3.04. The van der Waals surface area contributed by atoms with Crippen molar-refractivity contribution in [2.45, 2.75) is 33.0 Å². The quantitative estimate of drug-likeness (QED) is 0.811. The molecule has 0 saturated carbocycles. The van der Waals surface area contributed by atoms with Gasteiger partial charge in [-0.15, -0.1) is 0 Å². The van der Waals surface area contributed by atoms with Gasteiger partial charge in [-0.25, -0.2) is 4.98 Å². The highest BCUT2D eigenvalue weighted by molar-refractivity contribution is 5.99. The Morgan fingerprint density at radius 2 is 1.52 bits per heavy atom. The first-order chi connectivity index (χ1) is 12.9. The molecule has 1 fully saturated rings. The van der Waals surface area contributed by atoms with E-state index < -0.39 is 5.91 Å². The van der Waals surface area contributed by atoms with Crippen LogP contribution in [0.5, 0.6) is 0 Å². The van der Waals surface area contributed by atoms with Gasteiger partial charge in [-0.05, 0) is 45.0 Å². The number of anilines is 1. The molecule has 0 spiro atoms. The van der Waals surface area contributed by atoms with Gasteiger partial charge in [-0.2, -0.15) is 0 Å². The highest BCUT2D eigenvalue weighted by Crippen LogP contribution is 2.18. The first-order valence-corrected chi connectivity index (χ1v) is 8.96. The third kappa shape index (κ3) is 4.83. The molecule has 7 heteroatoms. The number of ether oxygens (including phenoxy) is 1. The van der Waals surface area contributed by atoms with Gasteiger partial charge < -0.3 is 9.64 Å². The van der Waals surface area contributed by atoms with Crippen molar-refractivity contribution in [2.24, 2.45) is 0 Å². The summed E-state index contributed by atoms with van der Waals surface area (Å²) < 4.78 is 5.72. The van der Waals surface area contributed by atoms with Crippen LogP contribution in [0, 0.1) is 6.92 Å². The van der Waals surface area contributed by atoms with Gasteiger partial charge in [0.25, 0.3) is 11.8 Å². The molecule has 1 aliphatic rings. The number of morpholine rings is 1. The van der Waals surface area contributed by atoms with Crippen molar-refractivity contribution in [1.82, 2.24) is 15.8 Å². The third-order valence-electron chi connectivity index (χ3n) is 4.36. The minimum Gasteiger partial charge on any atom is -0.372 e. The number of hydrogen-bond acceptors (Lipinski definition) is 5. The lowest BCUT2D eigenvalue weighted by Crippen LogP contribution is -2.46. The average Bonchev–Trinajstić information content (AvgIpc) is 2.66. The molecular formula is C20H24N4O3. The van der Waals surface area contributed by atoms with E-state index in [4.69, 9.17) is 4.74 Å². The first kappa shape index (κ1) is 18.8. The Morgan fingerprint density at radius 1 is 0.963 bits per heavy atom. The number of carbonyl (C=O) groups excluding carboxylic acids is 2. The molecule has 142 valence electrons. The number of aryl methyl sites for hydroxylation is 1. The average molecular weight is 368 g/mol. The largest absolute Gasteiger partial charge is 0.372 e. The molecule has 27 heavy (non-hydrogen) atoms. The number of hydrogen-bond donors (Lipinski definition) is 2. The maximum atomic E-state index is 12.2. The van der Waals surface area contributed by atoms with Gasteiger partial charge >= 0.3 is 0 Å². The minimum absolute atomic E-state index is 0.135. The van der Waals surface area contributed by atoms with E-state index in [1.807, 2.05) is 39.0 Å². The molecule has 2 atom stereocenters. The van der Waals surface area contributed by atoms with E-state index >= 15 is 0 Å². The molecule has 0 radical (unpaired) electrons. The summed E-state index contributed by atoms with van der Waals surface area (Å²) in [6, 6.07) is 10.6. The topological polar surface area (TPSA) is 83.6 Å². The zero-order valence-electron chi connectivity index (χ0n) is 15.7. The van der Waals surface area contributed by atoms with Crippen LogP contribution in [0.25, 0.3) is 0 Å². The van der Waals surface area contributed by atoms with E-state index in [0.29, 0.717) is 11.1 Å². The number of rotatable bonds is 3. The molecule has 7 nitrogen and oxygen atoms in total. The Kier molecular flexibility index (Phi) is 5.71. The Labute approximate surface area is 158 Å². The number of nitrogens with zero attached hydrogens (tertiary/aromatic N) is 2. The zero-order chi connectivity index (χ0) is 19.4. The van der Waals surface area contributed by atoms with Crippen LogP contribution in [0.3, 0.4) is 0 Å². The van der Waals surface area contributed by atoms with Gasteiger partial charge in [-0.3, -0.25) is 20.4 Å². The standard InChI is InChI=1S/C20H24N4O3/c1-13-4-6-16(7-5-13)19(25)22-23-20(26)17-8-9-18(21-10-17)24-11-14(2)27-15(3)12-24/h4-10,14-15H,11-12H2,1-3H3,(H,22,25)(H,23,26)/t14-,15-/m1/s1. The number of nitrogens with one attached hydrogen (secondary N) is 2. The fourth-order valence-corrected chi connectivity index (χ4v) is 3.04. The molecule has 1 aromatic carbocycles. The summed E-state index contributed by atoms with van der Waals surface area (Å²) in [5, 5.41) is 0. The summed E-state index contributed by atoms with van der Waals surface area (Å²) >= 11 is 0. The molecule has 1 saturated heterocycles. The van der Waals surface area contributed by atoms with Crippen LogP contribution < -0.4 is 15.8 Å². The van der Waals surface area contributed by atoms with Crippen LogP contribution in [0.4, 0.5) is 5.82 Å². The molecule has 0 aliphatic carbocycles. The van der Waals surface area contributed by atoms with Crippen molar-refractivity contribution in [3.63, 3.8) is 0 Å². The summed E-state index contributed by atoms with van der Waals surface area (Å²) in [4.78, 5) is 30.8. The highest BCUT2D eigenvalue weighted by atomic mass is 16.5. The summed E-state index contributed by atoms with van der Waals surface area (Å²) in [6.07, 6.45) is 1.78. The molecule has 2 aromatic rings. The lowest BCUT2D eigenvalue weighted by atomic mass is 10.1. The molecule has 1 aromatic heterocycles. The van der Waals surface area contributed by atoms with E-state index in [1.165, 1.54) is 6.20 Å². The van der Waals surface area contributed by atoms with Gasteiger partial charge in [0.05, 0.1) is 17.8 Å². The van der Waals surface area contributed by atoms with Crippen molar-refractivity contribution in [2.75, 3.05) is 18.0 Å². The maximum Gasteiger partial charge on any atom is 0.271 e. The zero-order valence-corrected chi connectivity index (χ0v) is 15.7. The van der Waals surface area contributed by atoms with Gasteiger partial charge in [-0.1, -0.05) is 17.7 Å². The highest BCUT2D eigenvalue weighted by Gasteiger charge is 2.23. The van der Waals surface area contributed by atoms with Crippen LogP contribution in [0.1, 0.15) is 40.1 Å². The van der Waals surface area contributed by atoms with Gasteiger partial charge in [0.15, 0.2) is 0 Å². The number of pyridine rings is 1. The number of amides is 2. The Bertz CT molecular complexity index is 795. The van der Waals surface area contributed by atoms with Gasteiger partial charge in [0.2, 0.25) is 0 Å². The number of carbonyl (C=O) groups is 2. The monoisotopic (exact) mass is 368 g/mol. The van der Waals surface area contributed by atoms with Gasteiger partial charge in [0.1, 0.15) is 5.82 Å². The number of aromatic nitrogens is 1. The van der Waals surface area contributed by atoms with Crippen LogP contribution in [0.15, 0.2) is 42.6 Å². The van der Waals surface area contributed by atoms with E-state index in [-0.39, 0.29) is 18.1 Å². The summed E-state index contributed by atoms with van der Waals surface area (Å²) in [6.45, 7) is 7.52. The Balaban J connectivity index is 1.57. The predicted octanol–water partition coefficient (Wildman–Crippen LogP) is 2.08. The molecule has 2 heterocycles. The Hall–Kier alpha value is -2.93. The predicted molar refractivity (Wildman–Crippen MR) is 103 cm³/mol. The van der Waals surface area contributed by atoms with Crippen molar-refractivity contribution >= 4 is 17.6 Å². The molecule has 3 rings (SSSR count). The van der Waals surface area contributed by atoms with E-state index in [9.17, 15) is 9.59 Å². The van der Waals surface area contributed by atoms with Crippen molar-refractivity contribution in [3.05, 3.63) is 59.3 Å². The van der Waals surface area contributed by atoms with E-state index in [0.717, 1.165) is 24.5 Å². The van der Waals surface area contributed by atoms with Crippen LogP contribution in [-0.2, 0) is 4.74 Å². The Morgan fingerprint density at radius 3 is 2.07 bits per heavy atom. The normalized spacial score (nSPS) is 19.4. The SMILES string of the molecule is Cc1ccc(C(=O)NNC(=O)c2ccc(N3C[C@@H](C)O[C@H](C)C3)nc2)cc1. The summed E-state index contributed by atoms with van der Waals surface area (Å²) in [7, 11) is 0. The molecule has 0 unspecified atom stereocenters. The smallest absolute Gasteiger partial charge is 0.271 e. The lowest BCUT2D eigenvalue weighted by Gasteiger charge is -2.36. The molecular weight excluding hydrogens is 344 g/mol. The van der Waals surface area contributed by atoms with Crippen LogP contribution >= 0.6 is 0 Å². The summed E-state index contributed by atoms with van der Waals surface area (Å²) in [5.74, 6) is 0.0136. The first-order valence-electron chi connectivity index (χ1n) is 8.96. The second-order valence-corrected chi connectivity index (χ2v) is 6.84.